The summed E-state index contributed by atoms with van der Waals surface area (Å²) in [7, 11) is -5.21. The maximum Gasteiger partial charge on any atom is 1.00 e. The second-order valence-electron chi connectivity index (χ2n) is 8.03. The van der Waals surface area contributed by atoms with Gasteiger partial charge in [-0.2, -0.15) is 5.11 Å². The normalized spacial score (nSPS) is 30.6. The fraction of sp³-hybridized carbons (Fsp3) is 0.300. The Morgan fingerprint density at radius 1 is 0.882 bits per heavy atom. The molecule has 2 aromatic rings. The van der Waals surface area contributed by atoms with Crippen molar-refractivity contribution in [1.29, 1.82) is 0 Å². The van der Waals surface area contributed by atoms with Gasteiger partial charge in [-0.25, -0.2) is 9.91 Å². The largest absolute Gasteiger partial charge is 1.00 e. The van der Waals surface area contributed by atoms with Crippen LogP contribution in [0.25, 0.3) is 0 Å². The minimum atomic E-state index is -5.21. The van der Waals surface area contributed by atoms with E-state index in [4.69, 9.17) is 4.74 Å². The summed E-state index contributed by atoms with van der Waals surface area (Å²) < 4.78 is 21.2. The number of amides is 2. The van der Waals surface area contributed by atoms with E-state index < -0.39 is 43.7 Å². The van der Waals surface area contributed by atoms with Crippen molar-refractivity contribution in [3.63, 3.8) is 0 Å². The monoisotopic (exact) mass is 500 g/mol. The van der Waals surface area contributed by atoms with Crippen LogP contribution in [0.4, 0.5) is 11.4 Å². The van der Waals surface area contributed by atoms with E-state index in [-0.39, 0.29) is 82.6 Å². The molecule has 2 bridgehead atoms. The number of imide groups is 1. The summed E-state index contributed by atoms with van der Waals surface area (Å²) in [6.45, 7) is 0. The molecule has 0 saturated carbocycles. The molecule has 6 atom stereocenters. The van der Waals surface area contributed by atoms with E-state index >= 15 is 0 Å². The van der Waals surface area contributed by atoms with Crippen molar-refractivity contribution < 1.29 is 92.3 Å². The molecule has 0 aromatic heterocycles. The van der Waals surface area contributed by atoms with Crippen molar-refractivity contribution >= 4 is 31.0 Å². The number of anilines is 2. The van der Waals surface area contributed by atoms with Crippen LogP contribution in [-0.2, 0) is 18.9 Å². The molecular weight excluding hydrogens is 485 g/mol. The summed E-state index contributed by atoms with van der Waals surface area (Å²) in [4.78, 5) is 49.1. The number of rotatable bonds is 4. The van der Waals surface area contributed by atoms with Crippen LogP contribution in [0.3, 0.4) is 0 Å². The zero-order valence-corrected chi connectivity index (χ0v) is 23.1. The van der Waals surface area contributed by atoms with Gasteiger partial charge in [-0.1, -0.05) is 23.4 Å². The number of carbonyl (C=O) groups excluding carboxylic acids is 2. The Kier molecular flexibility index (Phi) is 7.18. The van der Waals surface area contributed by atoms with Gasteiger partial charge in [0, 0.05) is 0 Å². The van der Waals surface area contributed by atoms with E-state index in [0.717, 1.165) is 10.6 Å². The first kappa shape index (κ1) is 26.0. The van der Waals surface area contributed by atoms with Gasteiger partial charge in [0.25, 0.3) is 0 Å². The minimum Gasteiger partial charge on any atom is -0.780 e. The van der Waals surface area contributed by atoms with Crippen molar-refractivity contribution in [3.8, 4) is 5.75 Å². The molecule has 164 valence electrons. The van der Waals surface area contributed by atoms with E-state index in [0.29, 0.717) is 0 Å². The summed E-state index contributed by atoms with van der Waals surface area (Å²) in [5.41, 5.74) is 1.09. The number of hydrogen-bond acceptors (Lipinski definition) is 10. The first-order chi connectivity index (χ1) is 15.3. The van der Waals surface area contributed by atoms with Gasteiger partial charge in [0.1, 0.15) is 25.7 Å². The average Bonchev–Trinajstić information content (AvgIpc) is 3.49. The van der Waals surface area contributed by atoms with Crippen LogP contribution in [0.2, 0.25) is 0 Å². The predicted octanol–water partition coefficient (Wildman–Crippen LogP) is -5.59. The molecule has 4 heterocycles. The SMILES string of the molecule is O=C1C2C3OC(C2C(=O)N1c1ccc(OP(=O)([O-])[O-])cc1)C1C3N=NN1c1ccccc1.[Na+].[Na+]. The van der Waals surface area contributed by atoms with Gasteiger partial charge in [0.15, 0.2) is 0 Å². The predicted molar refractivity (Wildman–Crippen MR) is 104 cm³/mol. The number of para-hydroxylation sites is 1. The van der Waals surface area contributed by atoms with E-state index in [2.05, 4.69) is 14.9 Å². The van der Waals surface area contributed by atoms with Gasteiger partial charge in [0.2, 0.25) is 11.8 Å². The first-order valence-electron chi connectivity index (χ1n) is 9.93. The summed E-state index contributed by atoms with van der Waals surface area (Å²) in [5.74, 6) is -2.31. The standard InChI is InChI=1S/C20H17N4O7P.2Na/c25-19-13-14(20(26)23(19)10-6-8-12(9-7-10)31-32(27,28)29)18-16-15(17(13)30-18)21-22-24(16)11-4-2-1-3-5-11;;/h1-9,13-18H,(H2,27,28,29);;/q;2*+1/p-2. The van der Waals surface area contributed by atoms with E-state index in [1.54, 1.807) is 5.01 Å². The van der Waals surface area contributed by atoms with Crippen LogP contribution in [0.15, 0.2) is 64.9 Å². The van der Waals surface area contributed by atoms with Crippen LogP contribution in [0.1, 0.15) is 0 Å². The van der Waals surface area contributed by atoms with Gasteiger partial charge in [-0.3, -0.25) is 9.59 Å². The van der Waals surface area contributed by atoms with Crippen molar-refractivity contribution in [2.75, 3.05) is 9.91 Å². The third kappa shape index (κ3) is 4.02. The van der Waals surface area contributed by atoms with E-state index in [1.165, 1.54) is 24.3 Å². The molecule has 6 rings (SSSR count). The fourth-order valence-corrected chi connectivity index (χ4v) is 5.55. The topological polar surface area (TPSA) is 147 Å². The zero-order chi connectivity index (χ0) is 22.2. The molecule has 6 unspecified atom stereocenters. The molecule has 3 saturated heterocycles. The number of carbonyl (C=O) groups is 2. The Morgan fingerprint density at radius 3 is 2.12 bits per heavy atom. The minimum absolute atomic E-state index is 0. The van der Waals surface area contributed by atoms with Gasteiger partial charge in [-0.15, -0.1) is 0 Å². The summed E-state index contributed by atoms with van der Waals surface area (Å²) in [6, 6.07) is 14.0. The molecule has 11 nitrogen and oxygen atoms in total. The first-order valence-corrected chi connectivity index (χ1v) is 11.4. The van der Waals surface area contributed by atoms with Crippen LogP contribution >= 0.6 is 7.82 Å². The molecule has 3 fully saturated rings. The second-order valence-corrected chi connectivity index (χ2v) is 9.10. The Morgan fingerprint density at radius 2 is 1.50 bits per heavy atom. The van der Waals surface area contributed by atoms with Gasteiger partial charge in [0.05, 0.1) is 35.4 Å². The van der Waals surface area contributed by atoms with Gasteiger partial charge in [-0.05, 0) is 36.4 Å². The van der Waals surface area contributed by atoms with Crippen molar-refractivity contribution in [2.24, 2.45) is 22.2 Å². The molecule has 2 amide bonds. The maximum absolute atomic E-state index is 13.3. The Hall–Kier alpha value is -1.11. The summed E-state index contributed by atoms with van der Waals surface area (Å²) >= 11 is 0. The zero-order valence-electron chi connectivity index (χ0n) is 18.3. The molecule has 0 radical (unpaired) electrons. The molecule has 0 N–H and O–H groups in total. The number of ether oxygens (including phenoxy) is 1. The van der Waals surface area contributed by atoms with E-state index in [1.807, 2.05) is 30.3 Å². The average molecular weight is 500 g/mol. The molecule has 14 heteroatoms. The number of nitrogens with zero attached hydrogens (tertiary/aromatic N) is 4. The van der Waals surface area contributed by atoms with Crippen molar-refractivity contribution in [3.05, 3.63) is 54.6 Å². The Labute approximate surface area is 238 Å². The molecular formula is C20H15N4Na2O7P. The maximum atomic E-state index is 13.3. The Balaban J connectivity index is 0.00000137. The van der Waals surface area contributed by atoms with Gasteiger partial charge < -0.3 is 23.6 Å². The number of fused-ring (bicyclic) bond motifs is 8. The smallest absolute Gasteiger partial charge is 0.780 e. The number of phosphoric ester groups is 1. The third-order valence-corrected chi connectivity index (χ3v) is 6.77. The van der Waals surface area contributed by atoms with E-state index in [9.17, 15) is 23.9 Å². The number of phosphoric acid groups is 1. The molecule has 34 heavy (non-hydrogen) atoms. The summed E-state index contributed by atoms with van der Waals surface area (Å²) in [6.07, 6.45) is -1.09. The summed E-state index contributed by atoms with van der Waals surface area (Å²) in [5, 5.41) is 10.4. The number of hydrogen-bond donors (Lipinski definition) is 0. The van der Waals surface area contributed by atoms with Crippen LogP contribution in [0, 0.1) is 11.8 Å². The second kappa shape index (κ2) is 9.40. The molecule has 0 aliphatic carbocycles. The fourth-order valence-electron chi connectivity index (χ4n) is 5.17. The Bertz CT molecular complexity index is 1200. The molecule has 4 aliphatic rings. The third-order valence-electron chi connectivity index (χ3n) is 6.34. The molecule has 4 aliphatic heterocycles. The van der Waals surface area contributed by atoms with Crippen LogP contribution in [-0.4, -0.2) is 36.1 Å². The van der Waals surface area contributed by atoms with Crippen molar-refractivity contribution in [2.45, 2.75) is 24.3 Å². The molecule has 2 aromatic carbocycles. The van der Waals surface area contributed by atoms with Crippen LogP contribution in [0.5, 0.6) is 5.75 Å². The molecule has 0 spiro atoms. The van der Waals surface area contributed by atoms with Crippen LogP contribution < -0.4 is 83.3 Å². The quantitative estimate of drug-likeness (QED) is 0.230. The van der Waals surface area contributed by atoms with Crippen molar-refractivity contribution in [1.82, 2.24) is 0 Å². The van der Waals surface area contributed by atoms with Gasteiger partial charge >= 0.3 is 59.1 Å². The number of benzene rings is 2.